The summed E-state index contributed by atoms with van der Waals surface area (Å²) in [6, 6.07) is 6.09. The minimum atomic E-state index is 0.310. The summed E-state index contributed by atoms with van der Waals surface area (Å²) in [4.78, 5) is 15.2. The van der Waals surface area contributed by atoms with Crippen molar-refractivity contribution in [3.05, 3.63) is 47.2 Å². The number of carbonyl (C=O) groups is 1. The Bertz CT molecular complexity index is 799. The van der Waals surface area contributed by atoms with E-state index >= 15 is 0 Å². The molecule has 0 atom stereocenters. The molecule has 0 fully saturated rings. The Morgan fingerprint density at radius 1 is 1.25 bits per heavy atom. The number of aromatic nitrogens is 1. The maximum Gasteiger partial charge on any atom is 0.150 e. The van der Waals surface area contributed by atoms with Gasteiger partial charge in [-0.3, -0.25) is 9.79 Å². The number of benzene rings is 1. The number of carbonyl (C=O) groups excluding carboxylic acids is 1. The van der Waals surface area contributed by atoms with Crippen LogP contribution in [0.1, 0.15) is 74.0 Å². The molecule has 28 heavy (non-hydrogen) atoms. The Balaban J connectivity index is 2.65. The van der Waals surface area contributed by atoms with Crippen molar-refractivity contribution >= 4 is 23.9 Å². The summed E-state index contributed by atoms with van der Waals surface area (Å²) in [6.07, 6.45) is 10.8. The van der Waals surface area contributed by atoms with E-state index in [1.807, 2.05) is 12.1 Å². The van der Waals surface area contributed by atoms with E-state index in [2.05, 4.69) is 55.3 Å². The lowest BCUT2D eigenvalue weighted by Crippen LogP contribution is -2.11. The monoisotopic (exact) mass is 382 g/mol. The van der Waals surface area contributed by atoms with E-state index in [4.69, 9.17) is 4.74 Å². The van der Waals surface area contributed by atoms with Crippen LogP contribution < -0.4 is 0 Å². The number of rotatable bonds is 13. The second-order valence-corrected chi connectivity index (χ2v) is 7.21. The third-order valence-electron chi connectivity index (χ3n) is 5.25. The molecule has 4 nitrogen and oxygen atoms in total. The smallest absolute Gasteiger partial charge is 0.150 e. The van der Waals surface area contributed by atoms with E-state index in [0.29, 0.717) is 24.8 Å². The summed E-state index contributed by atoms with van der Waals surface area (Å²) < 4.78 is 7.93. The Labute approximate surface area is 169 Å². The van der Waals surface area contributed by atoms with Gasteiger partial charge >= 0.3 is 0 Å². The number of allylic oxidation sites excluding steroid dienone is 2. The van der Waals surface area contributed by atoms with E-state index in [-0.39, 0.29) is 0 Å². The molecule has 0 aliphatic heterocycles. The van der Waals surface area contributed by atoms with Crippen molar-refractivity contribution in [2.45, 2.75) is 65.3 Å². The number of nitrogens with zero attached hydrogens (tertiary/aromatic N) is 2. The molecule has 1 aromatic heterocycles. The molecule has 152 valence electrons. The van der Waals surface area contributed by atoms with Gasteiger partial charge in [0.1, 0.15) is 13.0 Å². The lowest BCUT2D eigenvalue weighted by Gasteiger charge is -2.18. The van der Waals surface area contributed by atoms with Gasteiger partial charge in [-0.05, 0) is 44.0 Å². The van der Waals surface area contributed by atoms with Gasteiger partial charge < -0.3 is 9.30 Å². The van der Waals surface area contributed by atoms with Crippen molar-refractivity contribution in [2.75, 3.05) is 13.3 Å². The third-order valence-corrected chi connectivity index (χ3v) is 5.25. The summed E-state index contributed by atoms with van der Waals surface area (Å²) in [7, 11) is 0. The number of ether oxygens (including phenoxy) is 1. The maximum absolute atomic E-state index is 11.4. The van der Waals surface area contributed by atoms with Gasteiger partial charge in [-0.2, -0.15) is 0 Å². The molecule has 0 bridgehead atoms. The largest absolute Gasteiger partial charge is 0.358 e. The van der Waals surface area contributed by atoms with Gasteiger partial charge in [-0.15, -0.1) is 0 Å². The Morgan fingerprint density at radius 2 is 2.00 bits per heavy atom. The van der Waals surface area contributed by atoms with Crippen molar-refractivity contribution in [2.24, 2.45) is 4.99 Å². The van der Waals surface area contributed by atoms with E-state index in [0.717, 1.165) is 24.8 Å². The molecule has 0 radical (unpaired) electrons. The zero-order valence-electron chi connectivity index (χ0n) is 17.6. The van der Waals surface area contributed by atoms with Crippen molar-refractivity contribution in [3.63, 3.8) is 0 Å². The van der Waals surface area contributed by atoms with Crippen LogP contribution in [0, 0.1) is 0 Å². The number of aldehydes is 1. The van der Waals surface area contributed by atoms with Crippen LogP contribution in [0.4, 0.5) is 0 Å². The summed E-state index contributed by atoms with van der Waals surface area (Å²) in [5.74, 6) is 0.539. The van der Waals surface area contributed by atoms with Crippen molar-refractivity contribution in [1.29, 1.82) is 0 Å². The molecule has 0 spiro atoms. The highest BCUT2D eigenvalue weighted by Crippen LogP contribution is 2.38. The summed E-state index contributed by atoms with van der Waals surface area (Å²) in [6.45, 7) is 11.7. The van der Waals surface area contributed by atoms with Gasteiger partial charge in [-0.25, -0.2) is 0 Å². The molecule has 0 aliphatic rings. The highest BCUT2D eigenvalue weighted by molar-refractivity contribution is 5.91. The Hall–Kier alpha value is -2.20. The van der Waals surface area contributed by atoms with Crippen molar-refractivity contribution in [1.82, 2.24) is 4.57 Å². The van der Waals surface area contributed by atoms with Gasteiger partial charge in [0.25, 0.3) is 0 Å². The minimum absolute atomic E-state index is 0.310. The quantitative estimate of drug-likeness (QED) is 0.186. The van der Waals surface area contributed by atoms with Crippen LogP contribution in [0.25, 0.3) is 10.9 Å². The minimum Gasteiger partial charge on any atom is -0.358 e. The first-order chi connectivity index (χ1) is 13.7. The first kappa shape index (κ1) is 22.1. The van der Waals surface area contributed by atoms with Crippen LogP contribution in [0.5, 0.6) is 0 Å². The number of hydrogen-bond acceptors (Lipinski definition) is 3. The average molecular weight is 383 g/mol. The van der Waals surface area contributed by atoms with E-state index < -0.39 is 0 Å². The standard InChI is InChI=1S/C24H34N2O2/c1-5-8-11-22-24(20(9-6-2)10-7-3)21-13-12-19(17-27)16-23(21)26(22)14-15-28-18-25-4/h5,8,12-13,16-17,20H,4,6-7,9-11,14-15,18H2,1-3H3/b8-5-. The highest BCUT2D eigenvalue weighted by atomic mass is 16.5. The van der Waals surface area contributed by atoms with E-state index in [1.165, 1.54) is 42.3 Å². The van der Waals surface area contributed by atoms with Crippen LogP contribution in [-0.2, 0) is 17.7 Å². The molecule has 2 aromatic rings. The molecule has 0 saturated carbocycles. The van der Waals surface area contributed by atoms with Crippen LogP contribution in [0.15, 0.2) is 35.3 Å². The molecule has 0 saturated heterocycles. The molecule has 1 aromatic carbocycles. The van der Waals surface area contributed by atoms with Crippen molar-refractivity contribution in [3.8, 4) is 0 Å². The molecule has 0 aliphatic carbocycles. The van der Waals surface area contributed by atoms with Gasteiger partial charge in [-0.1, -0.05) is 51.0 Å². The SMILES string of the molecule is C=NCOCCn1c(C/C=C\C)c(C(CCC)CCC)c2ccc(C=O)cc21. The Kier molecular flexibility index (Phi) is 9.15. The normalized spacial score (nSPS) is 11.7. The second kappa shape index (κ2) is 11.6. The first-order valence-corrected chi connectivity index (χ1v) is 10.4. The summed E-state index contributed by atoms with van der Waals surface area (Å²) >= 11 is 0. The average Bonchev–Trinajstić information content (AvgIpc) is 3.01. The van der Waals surface area contributed by atoms with Gasteiger partial charge in [0.05, 0.1) is 6.61 Å². The zero-order valence-corrected chi connectivity index (χ0v) is 17.6. The predicted octanol–water partition coefficient (Wildman–Crippen LogP) is 5.93. The fourth-order valence-corrected chi connectivity index (χ4v) is 4.09. The molecule has 2 rings (SSSR count). The summed E-state index contributed by atoms with van der Waals surface area (Å²) in [5.41, 5.74) is 4.65. The fourth-order valence-electron chi connectivity index (χ4n) is 4.09. The number of hydrogen-bond donors (Lipinski definition) is 0. The van der Waals surface area contributed by atoms with Crippen molar-refractivity contribution < 1.29 is 9.53 Å². The first-order valence-electron chi connectivity index (χ1n) is 10.4. The van der Waals surface area contributed by atoms with Crippen LogP contribution in [0.2, 0.25) is 0 Å². The molecule has 0 amide bonds. The molecule has 4 heteroatoms. The Morgan fingerprint density at radius 3 is 2.61 bits per heavy atom. The number of fused-ring (bicyclic) bond motifs is 1. The van der Waals surface area contributed by atoms with Gasteiger partial charge in [0, 0.05) is 35.1 Å². The van der Waals surface area contributed by atoms with Crippen LogP contribution in [-0.4, -0.2) is 30.9 Å². The third kappa shape index (κ3) is 5.20. The van der Waals surface area contributed by atoms with Gasteiger partial charge in [0.15, 0.2) is 0 Å². The molecular weight excluding hydrogens is 348 g/mol. The van der Waals surface area contributed by atoms with E-state index in [9.17, 15) is 4.79 Å². The van der Waals surface area contributed by atoms with E-state index in [1.54, 1.807) is 0 Å². The molecule has 1 heterocycles. The van der Waals surface area contributed by atoms with Crippen LogP contribution >= 0.6 is 0 Å². The predicted molar refractivity (Wildman–Crippen MR) is 119 cm³/mol. The zero-order chi connectivity index (χ0) is 20.4. The lowest BCUT2D eigenvalue weighted by atomic mass is 9.87. The summed E-state index contributed by atoms with van der Waals surface area (Å²) in [5, 5.41) is 1.28. The highest BCUT2D eigenvalue weighted by Gasteiger charge is 2.23. The molecule has 0 N–H and O–H groups in total. The number of aliphatic imine (C=N–C) groups is 1. The lowest BCUT2D eigenvalue weighted by molar-refractivity contribution is 0.112. The maximum atomic E-state index is 11.4. The second-order valence-electron chi connectivity index (χ2n) is 7.21. The fraction of sp³-hybridized carbons (Fsp3) is 0.500. The topological polar surface area (TPSA) is 43.6 Å². The molecular formula is C24H34N2O2. The van der Waals surface area contributed by atoms with Gasteiger partial charge in [0.2, 0.25) is 0 Å². The van der Waals surface area contributed by atoms with Crippen LogP contribution in [0.3, 0.4) is 0 Å². The molecule has 0 unspecified atom stereocenters.